The second-order valence-electron chi connectivity index (χ2n) is 10.6. The molecule has 3 amide bonds. The van der Waals surface area contributed by atoms with Crippen molar-refractivity contribution in [3.05, 3.63) is 94.0 Å². The molecule has 10 nitrogen and oxygen atoms in total. The molecule has 0 radical (unpaired) electrons. The summed E-state index contributed by atoms with van der Waals surface area (Å²) in [5.74, 6) is -2.68. The minimum Gasteiger partial charge on any atom is -0.484 e. The van der Waals surface area contributed by atoms with Gasteiger partial charge in [-0.25, -0.2) is 4.79 Å². The molecule has 238 valence electrons. The molecule has 0 spiro atoms. The molecule has 1 heterocycles. The summed E-state index contributed by atoms with van der Waals surface area (Å²) < 4.78 is 13.4. The number of carbonyl (C=O) groups is 4. The molecular formula is C32H33Cl2N3O7S. The highest BCUT2D eigenvalue weighted by Gasteiger charge is 2.49. The summed E-state index contributed by atoms with van der Waals surface area (Å²) in [4.78, 5) is 50.9. The number of halogens is 2. The zero-order valence-electron chi connectivity index (χ0n) is 25.4. The lowest BCUT2D eigenvalue weighted by Crippen LogP contribution is -2.57. The van der Waals surface area contributed by atoms with E-state index in [0.717, 1.165) is 5.56 Å². The van der Waals surface area contributed by atoms with Gasteiger partial charge in [0.1, 0.15) is 17.0 Å². The number of rotatable bonds is 14. The topological polar surface area (TPSA) is 145 Å². The molecule has 0 aliphatic carbocycles. The van der Waals surface area contributed by atoms with E-state index in [-0.39, 0.29) is 23.6 Å². The lowest BCUT2D eigenvalue weighted by atomic mass is 9.92. The van der Waals surface area contributed by atoms with Crippen LogP contribution in [0.5, 0.6) is 5.75 Å². The van der Waals surface area contributed by atoms with Crippen molar-refractivity contribution in [1.29, 1.82) is 0 Å². The van der Waals surface area contributed by atoms with Crippen LogP contribution in [0.25, 0.3) is 0 Å². The number of aliphatic hydroxyl groups is 1. The van der Waals surface area contributed by atoms with Gasteiger partial charge in [0.05, 0.1) is 18.7 Å². The van der Waals surface area contributed by atoms with E-state index in [9.17, 15) is 29.4 Å². The molecule has 1 aliphatic heterocycles. The van der Waals surface area contributed by atoms with Crippen molar-refractivity contribution in [3.63, 3.8) is 0 Å². The van der Waals surface area contributed by atoms with Gasteiger partial charge in [-0.2, -0.15) is 0 Å². The number of carboxylic acids is 1. The van der Waals surface area contributed by atoms with Gasteiger partial charge >= 0.3 is 5.97 Å². The fraction of sp³-hybridized carbons (Fsp3) is 0.312. The van der Waals surface area contributed by atoms with E-state index in [1.165, 1.54) is 11.8 Å². The van der Waals surface area contributed by atoms with E-state index >= 15 is 0 Å². The van der Waals surface area contributed by atoms with E-state index in [2.05, 4.69) is 5.32 Å². The van der Waals surface area contributed by atoms with Gasteiger partial charge in [0.25, 0.3) is 5.91 Å². The zero-order chi connectivity index (χ0) is 33.5. The molecule has 4 N–H and O–H groups in total. The smallest absolute Gasteiger partial charge is 0.326 e. The van der Waals surface area contributed by atoms with Crippen molar-refractivity contribution in [2.24, 2.45) is 5.92 Å². The van der Waals surface area contributed by atoms with Crippen molar-refractivity contribution < 1.29 is 35.5 Å². The van der Waals surface area contributed by atoms with Gasteiger partial charge in [-0.1, -0.05) is 61.3 Å². The summed E-state index contributed by atoms with van der Waals surface area (Å²) in [7, 11) is 0. The minimum atomic E-state index is -1.21. The standard InChI is InChI=1S/C32H33Cl2N3O7S/c1-18(2)28(32(42)43)36-26(39)15-35-27(40)16-44-24-13-5-20(6-14-24)29-30(31(41)37(29)23-11-9-22(34)10-12-23)45-17-25(38)19-3-7-21(33)8-4-19/h3-14,18,25,28-30,38H,15-17H2,1-2H3,(H,35,40)(H,36,39)(H,42,43)/t25?,28-,29+,30+/m0/s1/i/hD. The third-order valence-electron chi connectivity index (χ3n) is 7.07. The second kappa shape index (κ2) is 15.5. The first-order valence-corrected chi connectivity index (χ1v) is 15.8. The fourth-order valence-corrected chi connectivity index (χ4v) is 6.21. The molecule has 13 heteroatoms. The van der Waals surface area contributed by atoms with Gasteiger partial charge in [-0.05, 0) is 65.6 Å². The number of ether oxygens (including phenoxy) is 1. The first-order valence-electron chi connectivity index (χ1n) is 14.5. The maximum Gasteiger partial charge on any atom is 0.326 e. The van der Waals surface area contributed by atoms with Gasteiger partial charge in [-0.15, -0.1) is 11.8 Å². The third-order valence-corrected chi connectivity index (χ3v) is 8.90. The largest absolute Gasteiger partial charge is 0.484 e. The summed E-state index contributed by atoms with van der Waals surface area (Å²) in [5, 5.41) is 23.3. The molecule has 4 rings (SSSR count). The number of thioether (sulfide) groups is 1. The highest BCUT2D eigenvalue weighted by molar-refractivity contribution is 8.00. The van der Waals surface area contributed by atoms with Crippen LogP contribution in [-0.4, -0.2) is 64.1 Å². The van der Waals surface area contributed by atoms with E-state index in [0.29, 0.717) is 32.4 Å². The second-order valence-corrected chi connectivity index (χ2v) is 12.7. The summed E-state index contributed by atoms with van der Waals surface area (Å²) in [5.41, 5.74) is 2.16. The Labute approximate surface area is 276 Å². The number of aliphatic carboxylic acids is 1. The average Bonchev–Trinajstić information content (AvgIpc) is 3.02. The van der Waals surface area contributed by atoms with Crippen molar-refractivity contribution in [2.45, 2.75) is 37.3 Å². The molecule has 1 aliphatic rings. The van der Waals surface area contributed by atoms with Gasteiger partial charge in [0, 0.05) is 21.5 Å². The van der Waals surface area contributed by atoms with E-state index < -0.39 is 48.3 Å². The molecule has 0 saturated carbocycles. The van der Waals surface area contributed by atoms with Gasteiger partial charge in [-0.3, -0.25) is 14.4 Å². The highest BCUT2D eigenvalue weighted by Crippen LogP contribution is 2.46. The normalized spacial score (nSPS) is 17.6. The maximum atomic E-state index is 13.4. The Morgan fingerprint density at radius 3 is 2.16 bits per heavy atom. The third kappa shape index (κ3) is 8.91. The summed E-state index contributed by atoms with van der Waals surface area (Å²) in [6.07, 6.45) is -0.801. The summed E-state index contributed by atoms with van der Waals surface area (Å²) in [6.45, 7) is 2.08. The fourth-order valence-electron chi connectivity index (χ4n) is 4.66. The minimum absolute atomic E-state index is 0.116. The Hall–Kier alpha value is -3.77. The zero-order valence-corrected chi connectivity index (χ0v) is 26.8. The molecule has 3 aromatic carbocycles. The molecule has 0 bridgehead atoms. The number of anilines is 1. The Morgan fingerprint density at radius 1 is 0.978 bits per heavy atom. The predicted octanol–water partition coefficient (Wildman–Crippen LogP) is 4.64. The van der Waals surface area contributed by atoms with Crippen molar-refractivity contribution in [1.82, 2.24) is 10.6 Å². The van der Waals surface area contributed by atoms with Gasteiger partial charge in [0.2, 0.25) is 11.8 Å². The number of aliphatic hydroxyl groups excluding tert-OH is 1. The van der Waals surface area contributed by atoms with Crippen LogP contribution in [0.15, 0.2) is 72.8 Å². The Balaban J connectivity index is 1.40. The Kier molecular flexibility index (Phi) is 11.2. The molecule has 4 atom stereocenters. The van der Waals surface area contributed by atoms with Crippen LogP contribution in [0.3, 0.4) is 0 Å². The number of nitrogens with zero attached hydrogens (tertiary/aromatic N) is 1. The lowest BCUT2D eigenvalue weighted by molar-refractivity contribution is -0.143. The number of carboxylic acid groups (broad SMARTS) is 1. The van der Waals surface area contributed by atoms with Crippen molar-refractivity contribution in [3.8, 4) is 5.75 Å². The van der Waals surface area contributed by atoms with Crippen LogP contribution in [0.1, 0.15) is 37.1 Å². The SMILES string of the molecule is [2H]N(CC(=O)N[C@H](C(=O)O)C(C)C)C(=O)COc1ccc([C@@H]2[C@@H](SCC(O)c3ccc(Cl)cc3)C(=O)N2c2ccc(Cl)cc2)cc1. The van der Waals surface area contributed by atoms with E-state index in [1.54, 1.807) is 91.5 Å². The van der Waals surface area contributed by atoms with E-state index in [4.69, 9.17) is 29.4 Å². The van der Waals surface area contributed by atoms with Crippen LogP contribution in [0, 0.1) is 5.92 Å². The first kappa shape index (κ1) is 32.6. The number of benzene rings is 3. The molecular weight excluding hydrogens is 641 g/mol. The summed E-state index contributed by atoms with van der Waals surface area (Å²) >= 11 is 13.4. The number of hydrogen-bond donors (Lipinski definition) is 4. The van der Waals surface area contributed by atoms with Crippen LogP contribution >= 0.6 is 35.0 Å². The molecule has 1 fully saturated rings. The van der Waals surface area contributed by atoms with Crippen molar-refractivity contribution in [2.75, 3.05) is 23.8 Å². The quantitative estimate of drug-likeness (QED) is 0.181. The van der Waals surface area contributed by atoms with Gasteiger partial charge in [0.15, 0.2) is 8.02 Å². The number of amides is 3. The Bertz CT molecular complexity index is 1540. The van der Waals surface area contributed by atoms with Crippen molar-refractivity contribution >= 4 is 64.3 Å². The predicted molar refractivity (Wildman–Crippen MR) is 174 cm³/mol. The Morgan fingerprint density at radius 2 is 1.58 bits per heavy atom. The van der Waals surface area contributed by atoms with Crippen LogP contribution in [0.2, 0.25) is 11.5 Å². The number of β-lactam (4-membered cyclic amide) rings is 1. The molecule has 1 saturated heterocycles. The number of hydrogen-bond acceptors (Lipinski definition) is 7. The maximum absolute atomic E-state index is 13.4. The number of carbonyl (C=O) groups excluding carboxylic acids is 3. The van der Waals surface area contributed by atoms with E-state index in [1.807, 2.05) is 0 Å². The molecule has 0 aromatic heterocycles. The molecule has 1 unspecified atom stereocenters. The van der Waals surface area contributed by atoms with Crippen LogP contribution < -0.4 is 20.3 Å². The van der Waals surface area contributed by atoms with Gasteiger partial charge < -0.3 is 30.5 Å². The monoisotopic (exact) mass is 674 g/mol. The first-order chi connectivity index (χ1) is 21.8. The summed E-state index contributed by atoms with van der Waals surface area (Å²) in [6, 6.07) is 19.1. The molecule has 45 heavy (non-hydrogen) atoms. The lowest BCUT2D eigenvalue weighted by Gasteiger charge is -2.47. The number of nitrogens with one attached hydrogen (secondary N) is 2. The average molecular weight is 676 g/mol. The van der Waals surface area contributed by atoms with Crippen LogP contribution in [0.4, 0.5) is 5.69 Å². The molecule has 3 aromatic rings. The van der Waals surface area contributed by atoms with Crippen LogP contribution in [-0.2, 0) is 19.2 Å². The highest BCUT2D eigenvalue weighted by atomic mass is 35.5.